The number of carbonyl (C=O) groups excluding carboxylic acids is 4. The number of benzene rings is 4. The second-order valence-corrected chi connectivity index (χ2v) is 21.0. The number of hydrogen-bond acceptors (Lipinski definition) is 19. The SMILES string of the molecule is C=C(C)C(=O)NCCCNC(=O)C(CSOO[O-])NS(=O)(=O)c1cc(S(=O)(=O)NC(CS(=O)(=O)[O-])C(=O)NCCCNC(=O)C(=C)C)c2ccc3c(O)cc(S(=O)(=O)[O-])c4ccc1c2c34.[Na+].[Na+].[Na+]. The Labute approximate surface area is 461 Å². The molecule has 0 aliphatic rings. The number of phenolic OH excluding ortho intramolecular Hbond substituents is 1. The van der Waals surface area contributed by atoms with Crippen LogP contribution in [-0.2, 0) is 68.8 Å². The van der Waals surface area contributed by atoms with E-state index in [4.69, 9.17) is 0 Å². The van der Waals surface area contributed by atoms with E-state index in [9.17, 15) is 72.3 Å². The Morgan fingerprint density at radius 3 is 1.47 bits per heavy atom. The number of sulfonamides is 2. The molecule has 4 aromatic carbocycles. The molecule has 0 saturated heterocycles. The minimum atomic E-state index is -5.39. The summed E-state index contributed by atoms with van der Waals surface area (Å²) in [6.07, 6.45) is 0.168. The number of rotatable bonds is 25. The van der Waals surface area contributed by atoms with Gasteiger partial charge in [-0.1, -0.05) is 31.4 Å². The van der Waals surface area contributed by atoms with Crippen molar-refractivity contribution in [1.82, 2.24) is 30.7 Å². The van der Waals surface area contributed by atoms with Gasteiger partial charge in [0.1, 0.15) is 28.0 Å². The molecule has 0 aromatic heterocycles. The number of nitrogens with one attached hydrogen (secondary N) is 6. The number of phenols is 1. The van der Waals surface area contributed by atoms with E-state index in [2.05, 4.69) is 48.5 Å². The van der Waals surface area contributed by atoms with Crippen LogP contribution >= 0.6 is 12.0 Å². The largest absolute Gasteiger partial charge is 1.00 e. The summed E-state index contributed by atoms with van der Waals surface area (Å²) in [7, 11) is -21.4. The van der Waals surface area contributed by atoms with Crippen molar-refractivity contribution in [3.8, 4) is 5.75 Å². The molecule has 4 amide bonds. The summed E-state index contributed by atoms with van der Waals surface area (Å²) in [5, 5.41) is 32.2. The van der Waals surface area contributed by atoms with Gasteiger partial charge in [-0.2, -0.15) is 13.8 Å². The Bertz CT molecular complexity index is 3000. The summed E-state index contributed by atoms with van der Waals surface area (Å²) < 4.78 is 139. The van der Waals surface area contributed by atoms with Gasteiger partial charge in [0.15, 0.2) is 0 Å². The van der Waals surface area contributed by atoms with Crippen LogP contribution in [0.15, 0.2) is 75.4 Å². The minimum absolute atomic E-state index is 0. The third-order valence-electron chi connectivity index (χ3n) is 9.17. The number of hydrogen-bond donors (Lipinski definition) is 7. The van der Waals surface area contributed by atoms with Gasteiger partial charge in [-0.05, 0) is 44.9 Å². The molecule has 7 N–H and O–H groups in total. The normalized spacial score (nSPS) is 12.8. The summed E-state index contributed by atoms with van der Waals surface area (Å²) in [5.41, 5.74) is 0.386. The van der Waals surface area contributed by atoms with Gasteiger partial charge < -0.3 is 40.7 Å². The van der Waals surface area contributed by atoms with Crippen molar-refractivity contribution in [1.29, 1.82) is 0 Å². The number of aromatic hydroxyl groups is 1. The first kappa shape index (κ1) is 64.0. The van der Waals surface area contributed by atoms with Gasteiger partial charge in [0.2, 0.25) is 43.7 Å². The van der Waals surface area contributed by atoms with E-state index in [1.165, 1.54) is 13.8 Å². The average Bonchev–Trinajstić information content (AvgIpc) is 3.20. The van der Waals surface area contributed by atoms with E-state index >= 15 is 0 Å². The summed E-state index contributed by atoms with van der Waals surface area (Å²) in [6, 6.07) is 1.14. The van der Waals surface area contributed by atoms with Crippen molar-refractivity contribution in [3.63, 3.8) is 0 Å². The van der Waals surface area contributed by atoms with Gasteiger partial charge in [0.05, 0.1) is 30.6 Å². The Morgan fingerprint density at radius 2 is 1.04 bits per heavy atom. The van der Waals surface area contributed by atoms with Crippen molar-refractivity contribution in [3.05, 3.63) is 60.7 Å². The van der Waals surface area contributed by atoms with Crippen LogP contribution in [0.2, 0.25) is 0 Å². The van der Waals surface area contributed by atoms with Crippen molar-refractivity contribution in [2.24, 2.45) is 0 Å². The molecular formula is C36H41N6Na3O18S5. The Balaban J connectivity index is 0.00000771. The zero-order chi connectivity index (χ0) is 48.7. The van der Waals surface area contributed by atoms with Crippen LogP contribution in [0.1, 0.15) is 26.7 Å². The molecule has 0 fully saturated rings. The van der Waals surface area contributed by atoms with Crippen molar-refractivity contribution in [2.45, 2.75) is 53.5 Å². The van der Waals surface area contributed by atoms with Crippen LogP contribution in [0.4, 0.5) is 0 Å². The second-order valence-electron chi connectivity index (χ2n) is 14.1. The monoisotopic (exact) mass is 1070 g/mol. The van der Waals surface area contributed by atoms with Gasteiger partial charge in [0.25, 0.3) is 0 Å². The molecule has 356 valence electrons. The molecule has 68 heavy (non-hydrogen) atoms. The first-order chi connectivity index (χ1) is 30.2. The fraction of sp³-hybridized carbons (Fsp3) is 0.333. The molecule has 0 heterocycles. The van der Waals surface area contributed by atoms with Gasteiger partial charge in [-0.3, -0.25) is 24.2 Å². The summed E-state index contributed by atoms with van der Waals surface area (Å²) in [5.74, 6) is -6.48. The summed E-state index contributed by atoms with van der Waals surface area (Å²) in [4.78, 5) is 47.2. The molecule has 0 spiro atoms. The second kappa shape index (κ2) is 27.1. The Kier molecular flexibility index (Phi) is 25.5. The molecule has 0 radical (unpaired) electrons. The maximum Gasteiger partial charge on any atom is 1.00 e. The van der Waals surface area contributed by atoms with E-state index in [1.54, 1.807) is 0 Å². The average molecular weight is 1080 g/mol. The van der Waals surface area contributed by atoms with Crippen molar-refractivity contribution in [2.75, 3.05) is 37.7 Å². The molecule has 4 rings (SSSR count). The minimum Gasteiger partial charge on any atom is -0.748 e. The Hall–Kier alpha value is -2.05. The first-order valence-corrected chi connectivity index (χ1v) is 25.5. The fourth-order valence-electron chi connectivity index (χ4n) is 6.23. The number of carbonyl (C=O) groups is 4. The maximum absolute atomic E-state index is 14.5. The van der Waals surface area contributed by atoms with Gasteiger partial charge in [0, 0.05) is 87.4 Å². The molecule has 2 unspecified atom stereocenters. The third kappa shape index (κ3) is 17.0. The van der Waals surface area contributed by atoms with Crippen molar-refractivity contribution < 1.29 is 170 Å². The van der Waals surface area contributed by atoms with Gasteiger partial charge >= 0.3 is 88.7 Å². The van der Waals surface area contributed by atoms with E-state index in [0.717, 1.165) is 24.3 Å². The predicted molar refractivity (Wildman–Crippen MR) is 228 cm³/mol. The molecule has 24 nitrogen and oxygen atoms in total. The molecule has 0 aliphatic heterocycles. The van der Waals surface area contributed by atoms with Crippen LogP contribution in [-0.4, -0.2) is 121 Å². The van der Waals surface area contributed by atoms with Crippen LogP contribution < -0.4 is 125 Å². The fourth-order valence-corrected chi connectivity index (χ4v) is 11.2. The molecule has 32 heteroatoms. The van der Waals surface area contributed by atoms with Crippen LogP contribution in [0.3, 0.4) is 0 Å². The van der Waals surface area contributed by atoms with Crippen molar-refractivity contribution >= 4 is 108 Å². The zero-order valence-corrected chi connectivity index (χ0v) is 47.2. The summed E-state index contributed by atoms with van der Waals surface area (Å²) in [6.45, 7) is 9.48. The molecule has 0 saturated carbocycles. The molecular weight excluding hydrogens is 1030 g/mol. The third-order valence-corrected chi connectivity index (χ3v) is 14.4. The van der Waals surface area contributed by atoms with E-state index < -0.39 is 129 Å². The van der Waals surface area contributed by atoms with Gasteiger partial charge in [-0.25, -0.2) is 33.7 Å². The van der Waals surface area contributed by atoms with E-state index in [0.29, 0.717) is 12.1 Å². The molecule has 0 bridgehead atoms. The Morgan fingerprint density at radius 1 is 0.647 bits per heavy atom. The standard InChI is InChI=1S/C36H44N6O18S5.3Na/c1-19(2)33(44)37-11-5-13-39-35(46)25(17-61-60-59-48)41-63(52,53)28-16-29(22-8-7-21-27(43)15-30(65(56,57)58)24-10-9-23(28)32(22)31(21)24)64(54,55)42-26(18-62(49,50)51)36(47)40-14-6-12-38-34(45)20(3)4;;;/h7-10,15-16,25-26,41-43,48H,1,3,5-6,11-14,17-18H2,2,4H3,(H,37,44)(H,38,45)(H,39,46)(H,40,47)(H,49,50,51)(H,56,57,58);;;/q;3*+1/p-3. The van der Waals surface area contributed by atoms with Crippen LogP contribution in [0, 0.1) is 0 Å². The maximum atomic E-state index is 14.5. The molecule has 2 atom stereocenters. The molecule has 0 aliphatic carbocycles. The predicted octanol–water partition coefficient (Wildman–Crippen LogP) is -10.7. The summed E-state index contributed by atoms with van der Waals surface area (Å²) >= 11 is 0.180. The van der Waals surface area contributed by atoms with Crippen LogP contribution in [0.25, 0.3) is 32.3 Å². The van der Waals surface area contributed by atoms with Gasteiger partial charge in [-0.15, -0.1) is 0 Å². The van der Waals surface area contributed by atoms with E-state index in [-0.39, 0.29) is 162 Å². The molecule has 4 aromatic rings. The van der Waals surface area contributed by atoms with E-state index in [1.807, 2.05) is 4.72 Å². The first-order valence-electron chi connectivity index (χ1n) is 18.6. The zero-order valence-electron chi connectivity index (χ0n) is 37.1. The van der Waals surface area contributed by atoms with Crippen LogP contribution in [0.5, 0.6) is 5.75 Å². The number of amides is 4. The smallest absolute Gasteiger partial charge is 0.748 e. The topological polar surface area (TPSA) is 385 Å². The quantitative estimate of drug-likeness (QED) is 0.00474.